The fraction of sp³-hybridized carbons (Fsp3) is 0.345. The quantitative estimate of drug-likeness (QED) is 0.557. The van der Waals surface area contributed by atoms with Gasteiger partial charge in [-0.25, -0.2) is 9.59 Å². The second-order valence-corrected chi connectivity index (χ2v) is 9.57. The zero-order valence-electron chi connectivity index (χ0n) is 22.0. The molecule has 0 aliphatic carbocycles. The first-order valence-electron chi connectivity index (χ1n) is 12.8. The zero-order chi connectivity index (χ0) is 27.5. The summed E-state index contributed by atoms with van der Waals surface area (Å²) in [5.41, 5.74) is 8.80. The molecule has 10 heteroatoms. The average Bonchev–Trinajstić information content (AvgIpc) is 2.95. The van der Waals surface area contributed by atoms with E-state index >= 15 is 0 Å². The van der Waals surface area contributed by atoms with E-state index in [0.29, 0.717) is 17.3 Å². The monoisotopic (exact) mass is 529 g/mol. The van der Waals surface area contributed by atoms with E-state index in [1.165, 1.54) is 19.1 Å². The molecule has 1 atom stereocenters. The standard InChI is InChI=1S/C29H31N5O5/c1-37-28(35)25-24(19-6-4-3-5-7-19)23(16-30)27(31)34(26(25)29(36)38-2)21-10-8-20(9-11-21)32-12-14-33(15-13-32)22-17-39-18-22/h3-11,22,24H,12-15,17-18,31H2,1-2H3. The van der Waals surface area contributed by atoms with Crippen LogP contribution in [0.5, 0.6) is 0 Å². The summed E-state index contributed by atoms with van der Waals surface area (Å²) in [5, 5.41) is 10.2. The molecule has 2 N–H and O–H groups in total. The van der Waals surface area contributed by atoms with Crippen LogP contribution in [0, 0.1) is 11.3 Å². The smallest absolute Gasteiger partial charge is 0.355 e. The maximum atomic E-state index is 13.2. The first-order chi connectivity index (χ1) is 19.0. The lowest BCUT2D eigenvalue weighted by Crippen LogP contribution is -2.56. The highest BCUT2D eigenvalue weighted by molar-refractivity contribution is 6.06. The summed E-state index contributed by atoms with van der Waals surface area (Å²) in [6.07, 6.45) is 0. The normalized spacial score (nSPS) is 20.4. The van der Waals surface area contributed by atoms with Crippen LogP contribution in [-0.4, -0.2) is 76.5 Å². The van der Waals surface area contributed by atoms with Crippen LogP contribution in [0.1, 0.15) is 11.5 Å². The molecule has 3 aliphatic rings. The maximum Gasteiger partial charge on any atom is 0.355 e. The van der Waals surface area contributed by atoms with Crippen molar-refractivity contribution in [1.82, 2.24) is 4.90 Å². The Kier molecular flexibility index (Phi) is 7.54. The molecule has 2 aromatic rings. The van der Waals surface area contributed by atoms with Crippen LogP contribution in [0.3, 0.4) is 0 Å². The lowest BCUT2D eigenvalue weighted by molar-refractivity contribution is -0.139. The summed E-state index contributed by atoms with van der Waals surface area (Å²) in [6.45, 7) is 5.30. The first kappa shape index (κ1) is 26.3. The summed E-state index contributed by atoms with van der Waals surface area (Å²) in [6, 6.07) is 19.2. The Morgan fingerprint density at radius 1 is 0.923 bits per heavy atom. The van der Waals surface area contributed by atoms with E-state index in [9.17, 15) is 14.9 Å². The summed E-state index contributed by atoms with van der Waals surface area (Å²) < 4.78 is 15.5. The van der Waals surface area contributed by atoms with Crippen molar-refractivity contribution < 1.29 is 23.8 Å². The van der Waals surface area contributed by atoms with E-state index in [-0.39, 0.29) is 22.7 Å². The van der Waals surface area contributed by atoms with E-state index in [4.69, 9.17) is 19.9 Å². The molecule has 10 nitrogen and oxygen atoms in total. The van der Waals surface area contributed by atoms with Crippen molar-refractivity contribution in [2.75, 3.05) is 63.4 Å². The second-order valence-electron chi connectivity index (χ2n) is 9.57. The largest absolute Gasteiger partial charge is 0.466 e. The van der Waals surface area contributed by atoms with Gasteiger partial charge in [0, 0.05) is 37.6 Å². The fourth-order valence-electron chi connectivity index (χ4n) is 5.37. The van der Waals surface area contributed by atoms with E-state index in [2.05, 4.69) is 15.9 Å². The van der Waals surface area contributed by atoms with Crippen LogP contribution in [0.2, 0.25) is 0 Å². The van der Waals surface area contributed by atoms with Gasteiger partial charge in [-0.3, -0.25) is 9.80 Å². The SMILES string of the molecule is COC(=O)C1=C(C(=O)OC)N(c2ccc(N3CCN(C4COC4)CC3)cc2)C(N)=C(C#N)C1c1ccccc1. The Hall–Kier alpha value is -4.33. The van der Waals surface area contributed by atoms with Crippen LogP contribution in [0.25, 0.3) is 0 Å². The van der Waals surface area contributed by atoms with Crippen LogP contribution in [0.15, 0.2) is 77.3 Å². The molecule has 5 rings (SSSR count). The predicted molar refractivity (Wildman–Crippen MR) is 144 cm³/mol. The molecule has 0 aromatic heterocycles. The summed E-state index contributed by atoms with van der Waals surface area (Å²) in [7, 11) is 2.47. The van der Waals surface area contributed by atoms with Crippen LogP contribution >= 0.6 is 0 Å². The van der Waals surface area contributed by atoms with E-state index < -0.39 is 17.9 Å². The molecule has 0 saturated carbocycles. The Labute approximate surface area is 227 Å². The molecule has 0 bridgehead atoms. The number of ether oxygens (including phenoxy) is 3. The lowest BCUT2D eigenvalue weighted by Gasteiger charge is -2.43. The Morgan fingerprint density at radius 3 is 2.08 bits per heavy atom. The van der Waals surface area contributed by atoms with Crippen molar-refractivity contribution in [1.29, 1.82) is 5.26 Å². The summed E-state index contributed by atoms with van der Waals surface area (Å²) in [4.78, 5) is 32.6. The highest BCUT2D eigenvalue weighted by Crippen LogP contribution is 2.43. The third kappa shape index (κ3) is 4.82. The minimum atomic E-state index is -0.898. The molecule has 2 aromatic carbocycles. The number of esters is 2. The van der Waals surface area contributed by atoms with E-state index in [1.54, 1.807) is 24.3 Å². The van der Waals surface area contributed by atoms with E-state index in [1.807, 2.05) is 30.3 Å². The van der Waals surface area contributed by atoms with Gasteiger partial charge in [0.1, 0.15) is 11.5 Å². The Morgan fingerprint density at radius 2 is 1.54 bits per heavy atom. The van der Waals surface area contributed by atoms with Crippen molar-refractivity contribution in [3.63, 3.8) is 0 Å². The maximum absolute atomic E-state index is 13.2. The molecule has 202 valence electrons. The number of allylic oxidation sites excluding steroid dienone is 1. The molecule has 0 amide bonds. The van der Waals surface area contributed by atoms with Crippen molar-refractivity contribution >= 4 is 23.3 Å². The van der Waals surface area contributed by atoms with Crippen molar-refractivity contribution in [3.05, 3.63) is 82.8 Å². The topological polar surface area (TPSA) is 121 Å². The van der Waals surface area contributed by atoms with Crippen molar-refractivity contribution in [3.8, 4) is 6.07 Å². The van der Waals surface area contributed by atoms with Gasteiger partial charge >= 0.3 is 11.9 Å². The number of carbonyl (C=O) groups excluding carboxylic acids is 2. The van der Waals surface area contributed by atoms with Gasteiger partial charge in [0.2, 0.25) is 0 Å². The van der Waals surface area contributed by atoms with Gasteiger partial charge in [0.15, 0.2) is 0 Å². The fourth-order valence-corrected chi connectivity index (χ4v) is 5.37. The number of hydrogen-bond donors (Lipinski definition) is 1. The number of nitrogens with two attached hydrogens (primary N) is 1. The number of anilines is 2. The van der Waals surface area contributed by atoms with Gasteiger partial charge in [-0.15, -0.1) is 0 Å². The van der Waals surface area contributed by atoms with Crippen LogP contribution in [0.4, 0.5) is 11.4 Å². The number of methoxy groups -OCH3 is 2. The van der Waals surface area contributed by atoms with Gasteiger partial charge in [-0.2, -0.15) is 5.26 Å². The molecule has 2 saturated heterocycles. The molecule has 39 heavy (non-hydrogen) atoms. The van der Waals surface area contributed by atoms with Gasteiger partial charge < -0.3 is 24.8 Å². The van der Waals surface area contributed by atoms with Gasteiger partial charge in [0.05, 0.1) is 56.6 Å². The zero-order valence-corrected chi connectivity index (χ0v) is 22.0. The van der Waals surface area contributed by atoms with Gasteiger partial charge in [-0.1, -0.05) is 30.3 Å². The Balaban J connectivity index is 1.53. The van der Waals surface area contributed by atoms with Crippen molar-refractivity contribution in [2.45, 2.75) is 12.0 Å². The molecule has 2 fully saturated rings. The summed E-state index contributed by atoms with van der Waals surface area (Å²) in [5.74, 6) is -2.37. The third-order valence-corrected chi connectivity index (χ3v) is 7.53. The first-order valence-corrected chi connectivity index (χ1v) is 12.8. The number of nitrogens with zero attached hydrogens (tertiary/aromatic N) is 4. The van der Waals surface area contributed by atoms with Gasteiger partial charge in [0.25, 0.3) is 0 Å². The molecule has 0 spiro atoms. The number of benzene rings is 2. The Bertz CT molecular complexity index is 1340. The minimum absolute atomic E-state index is 0.0125. The summed E-state index contributed by atoms with van der Waals surface area (Å²) >= 11 is 0. The molecule has 3 aliphatic heterocycles. The van der Waals surface area contributed by atoms with Gasteiger partial charge in [-0.05, 0) is 29.8 Å². The van der Waals surface area contributed by atoms with E-state index in [0.717, 1.165) is 45.1 Å². The lowest BCUT2D eigenvalue weighted by atomic mass is 9.81. The molecule has 1 unspecified atom stereocenters. The second kappa shape index (κ2) is 11.2. The number of rotatable bonds is 6. The average molecular weight is 530 g/mol. The number of piperazine rings is 1. The predicted octanol–water partition coefficient (Wildman–Crippen LogP) is 2.11. The number of hydrogen-bond acceptors (Lipinski definition) is 10. The molecular formula is C29H31N5O5. The number of carbonyl (C=O) groups is 2. The number of nitriles is 1. The minimum Gasteiger partial charge on any atom is -0.466 e. The molecular weight excluding hydrogens is 498 g/mol. The highest BCUT2D eigenvalue weighted by atomic mass is 16.5. The third-order valence-electron chi connectivity index (χ3n) is 7.53. The van der Waals surface area contributed by atoms with Crippen LogP contribution < -0.4 is 15.5 Å². The van der Waals surface area contributed by atoms with Crippen LogP contribution in [-0.2, 0) is 23.8 Å². The molecule has 3 heterocycles. The highest BCUT2D eigenvalue weighted by Gasteiger charge is 2.43. The van der Waals surface area contributed by atoms with Crippen molar-refractivity contribution in [2.24, 2.45) is 5.73 Å². The molecule has 0 radical (unpaired) electrons.